The summed E-state index contributed by atoms with van der Waals surface area (Å²) in [6.07, 6.45) is 0. The highest BCUT2D eigenvalue weighted by molar-refractivity contribution is 5.80. The minimum atomic E-state index is -1.36. The van der Waals surface area contributed by atoms with Crippen LogP contribution >= 0.6 is 0 Å². The van der Waals surface area contributed by atoms with Gasteiger partial charge in [0.25, 0.3) is 0 Å². The lowest BCUT2D eigenvalue weighted by Crippen LogP contribution is -2.26. The zero-order chi connectivity index (χ0) is 11.7. The van der Waals surface area contributed by atoms with E-state index in [0.29, 0.717) is 11.0 Å². The molecule has 1 heterocycles. The number of carboxylic acid groups (broad SMARTS) is 1. The Bertz CT molecular complexity index is 602. The third-order valence-electron chi connectivity index (χ3n) is 2.27. The summed E-state index contributed by atoms with van der Waals surface area (Å²) >= 11 is 0. The van der Waals surface area contributed by atoms with Crippen LogP contribution in [-0.4, -0.2) is 11.1 Å². The monoisotopic (exact) mass is 219 g/mol. The third kappa shape index (κ3) is 1.68. The molecule has 0 saturated heterocycles. The topological polar surface area (TPSA) is 93.5 Å². The zero-order valence-electron chi connectivity index (χ0n) is 8.21. The smallest absolute Gasteiger partial charge is 0.341 e. The zero-order valence-corrected chi connectivity index (χ0v) is 8.21. The Labute approximate surface area is 90.1 Å². The number of hydrogen-bond donors (Lipinski definition) is 2. The van der Waals surface area contributed by atoms with Crippen molar-refractivity contribution in [2.24, 2.45) is 5.73 Å². The molecule has 0 bridgehead atoms. The van der Waals surface area contributed by atoms with Gasteiger partial charge in [0.15, 0.2) is 0 Å². The molecular formula is C11H9NO4. The first-order chi connectivity index (χ1) is 7.59. The van der Waals surface area contributed by atoms with Gasteiger partial charge in [-0.25, -0.2) is 4.79 Å². The van der Waals surface area contributed by atoms with E-state index in [4.69, 9.17) is 15.3 Å². The van der Waals surface area contributed by atoms with E-state index in [0.717, 1.165) is 0 Å². The van der Waals surface area contributed by atoms with Gasteiger partial charge in [-0.1, -0.05) is 18.2 Å². The molecule has 3 N–H and O–H groups in total. The molecule has 2 rings (SSSR count). The molecule has 2 aromatic rings. The van der Waals surface area contributed by atoms with Gasteiger partial charge in [0.05, 0.1) is 5.56 Å². The van der Waals surface area contributed by atoms with Crippen LogP contribution in [0.1, 0.15) is 11.6 Å². The molecule has 0 saturated carbocycles. The van der Waals surface area contributed by atoms with Gasteiger partial charge in [0.2, 0.25) is 0 Å². The van der Waals surface area contributed by atoms with Gasteiger partial charge in [-0.3, -0.25) is 4.79 Å². The van der Waals surface area contributed by atoms with Crippen molar-refractivity contribution in [3.63, 3.8) is 0 Å². The number of carbonyl (C=O) groups is 1. The van der Waals surface area contributed by atoms with E-state index in [1.807, 2.05) is 0 Å². The van der Waals surface area contributed by atoms with Crippen molar-refractivity contribution in [1.29, 1.82) is 0 Å². The Morgan fingerprint density at radius 2 is 2.06 bits per heavy atom. The lowest BCUT2D eigenvalue weighted by atomic mass is 10.1. The van der Waals surface area contributed by atoms with E-state index < -0.39 is 17.6 Å². The van der Waals surface area contributed by atoms with E-state index >= 15 is 0 Å². The van der Waals surface area contributed by atoms with E-state index in [9.17, 15) is 9.59 Å². The van der Waals surface area contributed by atoms with Crippen molar-refractivity contribution in [1.82, 2.24) is 0 Å². The quantitative estimate of drug-likeness (QED) is 0.731. The first-order valence-electron chi connectivity index (χ1n) is 4.61. The van der Waals surface area contributed by atoms with Crippen molar-refractivity contribution < 1.29 is 14.3 Å². The van der Waals surface area contributed by atoms with Crippen LogP contribution in [0.4, 0.5) is 0 Å². The molecule has 0 spiro atoms. The summed E-state index contributed by atoms with van der Waals surface area (Å²) in [6.45, 7) is 0. The first-order valence-corrected chi connectivity index (χ1v) is 4.61. The summed E-state index contributed by atoms with van der Waals surface area (Å²) < 4.78 is 4.97. The number of aliphatic carboxylic acids is 1. The number of fused-ring (bicyclic) bond motifs is 1. The van der Waals surface area contributed by atoms with Gasteiger partial charge in [0, 0.05) is 5.39 Å². The summed E-state index contributed by atoms with van der Waals surface area (Å²) in [5.74, 6) is -1.26. The number of carboxylic acids is 1. The lowest BCUT2D eigenvalue weighted by Gasteiger charge is -2.05. The molecule has 5 heteroatoms. The summed E-state index contributed by atoms with van der Waals surface area (Å²) in [4.78, 5) is 22.2. The SMILES string of the molecule is NC(C(=O)O)c1cc2ccccc2oc1=O. The Morgan fingerprint density at radius 3 is 2.75 bits per heavy atom. The van der Waals surface area contributed by atoms with E-state index in [1.54, 1.807) is 24.3 Å². The molecular weight excluding hydrogens is 210 g/mol. The van der Waals surface area contributed by atoms with Crippen LogP contribution in [0.5, 0.6) is 0 Å². The average molecular weight is 219 g/mol. The highest BCUT2D eigenvalue weighted by Gasteiger charge is 2.19. The maximum Gasteiger partial charge on any atom is 0.341 e. The molecule has 0 amide bonds. The second-order valence-electron chi connectivity index (χ2n) is 3.34. The molecule has 0 aliphatic heterocycles. The number of rotatable bonds is 2. The van der Waals surface area contributed by atoms with Crippen molar-refractivity contribution in [2.75, 3.05) is 0 Å². The second-order valence-corrected chi connectivity index (χ2v) is 3.34. The van der Waals surface area contributed by atoms with Crippen LogP contribution in [0.25, 0.3) is 11.0 Å². The first kappa shape index (κ1) is 10.4. The average Bonchev–Trinajstić information content (AvgIpc) is 2.27. The lowest BCUT2D eigenvalue weighted by molar-refractivity contribution is -0.138. The van der Waals surface area contributed by atoms with Crippen LogP contribution < -0.4 is 11.4 Å². The second kappa shape index (κ2) is 3.79. The Hall–Kier alpha value is -2.14. The largest absolute Gasteiger partial charge is 0.480 e. The molecule has 0 radical (unpaired) electrons. The van der Waals surface area contributed by atoms with Gasteiger partial charge in [-0.2, -0.15) is 0 Å². The molecule has 1 atom stereocenters. The van der Waals surface area contributed by atoms with Crippen LogP contribution in [-0.2, 0) is 4.79 Å². The molecule has 1 aromatic heterocycles. The minimum Gasteiger partial charge on any atom is -0.480 e. The van der Waals surface area contributed by atoms with Crippen molar-refractivity contribution in [3.05, 3.63) is 46.3 Å². The van der Waals surface area contributed by atoms with Crippen molar-refractivity contribution in [3.8, 4) is 0 Å². The predicted molar refractivity (Wildman–Crippen MR) is 57.0 cm³/mol. The van der Waals surface area contributed by atoms with E-state index in [-0.39, 0.29) is 5.56 Å². The summed E-state index contributed by atoms with van der Waals surface area (Å²) in [5.41, 5.74) is 5.02. The molecule has 0 fully saturated rings. The van der Waals surface area contributed by atoms with Gasteiger partial charge in [-0.15, -0.1) is 0 Å². The number of hydrogen-bond acceptors (Lipinski definition) is 4. The molecule has 1 unspecified atom stereocenters. The maximum absolute atomic E-state index is 11.5. The fraction of sp³-hybridized carbons (Fsp3) is 0.0909. The maximum atomic E-state index is 11.5. The Balaban J connectivity index is 2.67. The molecule has 82 valence electrons. The third-order valence-corrected chi connectivity index (χ3v) is 2.27. The summed E-state index contributed by atoms with van der Waals surface area (Å²) in [7, 11) is 0. The van der Waals surface area contributed by atoms with Gasteiger partial charge < -0.3 is 15.3 Å². The summed E-state index contributed by atoms with van der Waals surface area (Å²) in [5, 5.41) is 9.37. The Kier molecular flexibility index (Phi) is 2.46. The fourth-order valence-corrected chi connectivity index (χ4v) is 1.43. The highest BCUT2D eigenvalue weighted by atomic mass is 16.4. The van der Waals surface area contributed by atoms with E-state index in [1.165, 1.54) is 6.07 Å². The van der Waals surface area contributed by atoms with Gasteiger partial charge >= 0.3 is 11.6 Å². The number of nitrogens with two attached hydrogens (primary N) is 1. The Morgan fingerprint density at radius 1 is 1.38 bits per heavy atom. The standard InChI is InChI=1S/C11H9NO4/c12-9(10(13)14)7-5-6-3-1-2-4-8(6)16-11(7)15/h1-5,9H,12H2,(H,13,14). The van der Waals surface area contributed by atoms with Gasteiger partial charge in [-0.05, 0) is 12.1 Å². The molecule has 16 heavy (non-hydrogen) atoms. The van der Waals surface area contributed by atoms with Crippen LogP contribution in [0.2, 0.25) is 0 Å². The number of para-hydroxylation sites is 1. The van der Waals surface area contributed by atoms with Crippen LogP contribution in [0.15, 0.2) is 39.5 Å². The van der Waals surface area contributed by atoms with Crippen molar-refractivity contribution >= 4 is 16.9 Å². The normalized spacial score (nSPS) is 12.6. The van der Waals surface area contributed by atoms with Gasteiger partial charge in [0.1, 0.15) is 11.6 Å². The van der Waals surface area contributed by atoms with Crippen LogP contribution in [0, 0.1) is 0 Å². The number of benzene rings is 1. The summed E-state index contributed by atoms with van der Waals surface area (Å²) in [6, 6.07) is 6.92. The van der Waals surface area contributed by atoms with Crippen LogP contribution in [0.3, 0.4) is 0 Å². The molecule has 0 aliphatic rings. The minimum absolute atomic E-state index is 0.0498. The van der Waals surface area contributed by atoms with E-state index in [2.05, 4.69) is 0 Å². The molecule has 1 aromatic carbocycles. The highest BCUT2D eigenvalue weighted by Crippen LogP contribution is 2.15. The molecule has 0 aliphatic carbocycles. The fourth-order valence-electron chi connectivity index (χ4n) is 1.43. The molecule has 5 nitrogen and oxygen atoms in total. The predicted octanol–water partition coefficient (Wildman–Crippen LogP) is 0.877. The van der Waals surface area contributed by atoms with Crippen molar-refractivity contribution in [2.45, 2.75) is 6.04 Å².